The van der Waals surface area contributed by atoms with E-state index in [1.807, 2.05) is 41.1 Å². The molecular weight excluding hydrogens is 1100 g/mol. The van der Waals surface area contributed by atoms with Crippen molar-refractivity contribution in [2.24, 2.45) is 41.4 Å². The van der Waals surface area contributed by atoms with Gasteiger partial charge in [0.1, 0.15) is 17.0 Å². The predicted octanol–water partition coefficient (Wildman–Crippen LogP) is 11.5. The maximum absolute atomic E-state index is 8.00. The Labute approximate surface area is 453 Å². The molecule has 0 radical (unpaired) electrons. The molecule has 75 heavy (non-hydrogen) atoms. The summed E-state index contributed by atoms with van der Waals surface area (Å²) >= 11 is 0. The van der Waals surface area contributed by atoms with Crippen LogP contribution in [0.1, 0.15) is 103 Å². The molecule has 19 nitrogen and oxygen atoms in total. The number of ether oxygens (including phenoxy) is 3. The summed E-state index contributed by atoms with van der Waals surface area (Å²) < 4.78 is 115. The van der Waals surface area contributed by atoms with E-state index in [1.54, 1.807) is 20.4 Å². The Morgan fingerprint density at radius 1 is 0.440 bits per heavy atom. The number of methoxy groups -OCH3 is 2. The lowest BCUT2D eigenvalue weighted by Gasteiger charge is -2.64. The molecular formula is C48H82N4O15Si8. The summed E-state index contributed by atoms with van der Waals surface area (Å²) in [7, 11) is -29.3. The number of hydrogen-bond donors (Lipinski definition) is 0. The van der Waals surface area contributed by atoms with E-state index < -0.39 is 70.4 Å². The van der Waals surface area contributed by atoms with Crippen molar-refractivity contribution in [2.45, 2.75) is 158 Å². The van der Waals surface area contributed by atoms with E-state index in [2.05, 4.69) is 112 Å². The SMILES string of the molecule is COc1cc2nccc(Oc3ccc4nnn(CCC[Si]56O[Si]7(CC(C)C)O[Si]8(CC(C)C)O[Si](CC(C)C)(O5)O[Si]5(CC(C)C)O[Si](CC(C)C)(O6)O[Si](CC(C)C)(O7)O[Si](CC(C)C)(O8)O5)c4c3)c2cc1OC. The van der Waals surface area contributed by atoms with E-state index in [1.165, 1.54) is 0 Å². The summed E-state index contributed by atoms with van der Waals surface area (Å²) in [5, 5.41) is 10.0. The molecule has 0 amide bonds. The highest BCUT2D eigenvalue weighted by Crippen LogP contribution is 2.56. The Kier molecular flexibility index (Phi) is 16.7. The van der Waals surface area contributed by atoms with Gasteiger partial charge in [-0.15, -0.1) is 5.10 Å². The van der Waals surface area contributed by atoms with Crippen LogP contribution >= 0.6 is 0 Å². The summed E-state index contributed by atoms with van der Waals surface area (Å²) in [5.74, 6) is 2.83. The third kappa shape index (κ3) is 12.5. The first-order chi connectivity index (χ1) is 35.3. The second-order valence-corrected chi connectivity index (χ2v) is 48.2. The molecule has 10 rings (SSSR count). The molecule has 4 aromatic rings. The average Bonchev–Trinajstić information content (AvgIpc) is 3.63. The molecule has 8 bridgehead atoms. The zero-order valence-electron chi connectivity index (χ0n) is 47.1. The van der Waals surface area contributed by atoms with Crippen LogP contribution in [0.3, 0.4) is 0 Å². The summed E-state index contributed by atoms with van der Waals surface area (Å²) in [4.78, 5) is 4.57. The molecule has 0 atom stereocenters. The summed E-state index contributed by atoms with van der Waals surface area (Å²) in [6, 6.07) is 14.6. The topological polar surface area (TPSA) is 182 Å². The lowest BCUT2D eigenvalue weighted by molar-refractivity contribution is -0.0342. The molecule has 27 heteroatoms. The number of rotatable bonds is 22. The molecule has 0 unspecified atom stereocenters. The molecule has 8 heterocycles. The Morgan fingerprint density at radius 3 is 1.19 bits per heavy atom. The van der Waals surface area contributed by atoms with E-state index in [4.69, 9.17) is 63.6 Å². The standard InChI is InChI=1S/C48H82N4O15Si8/c1-34(2)27-69-56-68(23-17-22-52-45-24-41(18-19-43(45)50-51-52)55-46-20-21-49-44-26-48(54-16)47(53-15)25-42(44)46)57-70(28-35(3)4)61-72(59-69,30-37(7)8)65-75(33-40(13)14)66-73(60-69,31-38(9)10)62-71(58-68,29-36(5)6)64-74(63-70,67-75)32-39(11)12/h18-21,24-26,34-40H,17,22-23,27-33H2,1-16H3. The van der Waals surface area contributed by atoms with Crippen LogP contribution in [0, 0.1) is 41.4 Å². The van der Waals surface area contributed by atoms with Crippen molar-refractivity contribution in [2.75, 3.05) is 14.2 Å². The molecule has 416 valence electrons. The van der Waals surface area contributed by atoms with Crippen LogP contribution in [0.2, 0.25) is 48.4 Å². The van der Waals surface area contributed by atoms with Gasteiger partial charge in [-0.3, -0.25) is 4.98 Å². The lowest BCUT2D eigenvalue weighted by atomic mass is 10.2. The molecule has 6 aliphatic heterocycles. The number of nitrogens with zero attached hydrogens (tertiary/aromatic N) is 4. The van der Waals surface area contributed by atoms with Gasteiger partial charge in [-0.25, -0.2) is 4.68 Å². The van der Waals surface area contributed by atoms with Gasteiger partial charge < -0.3 is 63.6 Å². The maximum atomic E-state index is 8.00. The Morgan fingerprint density at radius 2 is 0.813 bits per heavy atom. The van der Waals surface area contributed by atoms with Crippen LogP contribution in [0.5, 0.6) is 23.0 Å². The van der Waals surface area contributed by atoms with Crippen molar-refractivity contribution in [3.8, 4) is 23.0 Å². The van der Waals surface area contributed by atoms with Gasteiger partial charge in [0.25, 0.3) is 0 Å². The van der Waals surface area contributed by atoms with Gasteiger partial charge in [0.2, 0.25) is 0 Å². The number of pyridine rings is 1. The van der Waals surface area contributed by atoms with E-state index in [-0.39, 0.29) is 41.4 Å². The van der Waals surface area contributed by atoms with Crippen LogP contribution < -0.4 is 14.2 Å². The van der Waals surface area contributed by atoms with Gasteiger partial charge in [0.05, 0.1) is 25.3 Å². The highest BCUT2D eigenvalue weighted by atomic mass is 28.6. The highest BCUT2D eigenvalue weighted by molar-refractivity contribution is 7.03. The minimum absolute atomic E-state index is 0.0507. The van der Waals surface area contributed by atoms with Gasteiger partial charge in [-0.2, -0.15) is 0 Å². The lowest BCUT2D eigenvalue weighted by Crippen LogP contribution is -2.88. The molecule has 0 spiro atoms. The number of hydrogen-bond acceptors (Lipinski definition) is 18. The molecule has 2 aromatic heterocycles. The van der Waals surface area contributed by atoms with Crippen molar-refractivity contribution in [3.63, 3.8) is 0 Å². The smallest absolute Gasteiger partial charge is 0.479 e. The molecule has 6 aliphatic rings. The zero-order valence-corrected chi connectivity index (χ0v) is 55.1. The van der Waals surface area contributed by atoms with E-state index in [9.17, 15) is 0 Å². The van der Waals surface area contributed by atoms with E-state index >= 15 is 0 Å². The molecule has 2 aromatic carbocycles. The number of aryl methyl sites for hydroxylation is 1. The Hall–Kier alpha value is -2.09. The predicted molar refractivity (Wildman–Crippen MR) is 298 cm³/mol. The summed E-state index contributed by atoms with van der Waals surface area (Å²) in [6.45, 7) is 30.7. The second-order valence-electron chi connectivity index (χ2n) is 24.1. The molecule has 0 N–H and O–H groups in total. The van der Waals surface area contributed by atoms with Crippen LogP contribution in [0.4, 0.5) is 0 Å². The zero-order chi connectivity index (χ0) is 54.0. The van der Waals surface area contributed by atoms with Crippen molar-refractivity contribution < 1.29 is 63.6 Å². The fourth-order valence-electron chi connectivity index (χ4n) is 11.2. The number of benzene rings is 2. The Bertz CT molecular complexity index is 2520. The van der Waals surface area contributed by atoms with Gasteiger partial charge in [0, 0.05) is 78.6 Å². The fourth-order valence-corrected chi connectivity index (χ4v) is 62.7. The molecule has 6 fully saturated rings. The number of aromatic nitrogens is 4. The first-order valence-electron chi connectivity index (χ1n) is 27.2. The van der Waals surface area contributed by atoms with Crippen LogP contribution in [0.25, 0.3) is 21.9 Å². The van der Waals surface area contributed by atoms with Gasteiger partial charge in [0.15, 0.2) is 11.5 Å². The van der Waals surface area contributed by atoms with Crippen molar-refractivity contribution in [1.29, 1.82) is 0 Å². The monoisotopic (exact) mass is 1180 g/mol. The normalized spacial score (nSPS) is 32.6. The van der Waals surface area contributed by atoms with Crippen molar-refractivity contribution in [3.05, 3.63) is 42.6 Å². The van der Waals surface area contributed by atoms with Crippen LogP contribution in [0.15, 0.2) is 42.6 Å². The second kappa shape index (κ2) is 21.8. The van der Waals surface area contributed by atoms with E-state index in [0.717, 1.165) is 10.9 Å². The largest absolute Gasteiger partial charge is 0.493 e. The van der Waals surface area contributed by atoms with Crippen molar-refractivity contribution >= 4 is 92.4 Å². The van der Waals surface area contributed by atoms with Gasteiger partial charge in [-0.05, 0) is 72.1 Å². The minimum atomic E-state index is -4.20. The quantitative estimate of drug-likeness (QED) is 0.0677. The fraction of sp³-hybridized carbons (Fsp3) is 0.688. The molecule has 0 saturated carbocycles. The molecule has 0 aliphatic carbocycles. The van der Waals surface area contributed by atoms with E-state index in [0.29, 0.717) is 95.3 Å². The summed E-state index contributed by atoms with van der Waals surface area (Å²) in [6.07, 6.45) is 2.20. The highest BCUT2D eigenvalue weighted by Gasteiger charge is 2.83. The third-order valence-corrected chi connectivity index (χ3v) is 53.2. The Balaban J connectivity index is 1.19. The molecule has 6 saturated heterocycles. The van der Waals surface area contributed by atoms with Crippen LogP contribution in [-0.4, -0.2) is 105 Å². The third-order valence-electron chi connectivity index (χ3n) is 13.1. The summed E-state index contributed by atoms with van der Waals surface area (Å²) in [5.41, 5.74) is 2.20. The van der Waals surface area contributed by atoms with Crippen LogP contribution in [-0.2, 0) is 55.9 Å². The van der Waals surface area contributed by atoms with Crippen molar-refractivity contribution in [1.82, 2.24) is 20.0 Å². The van der Waals surface area contributed by atoms with Gasteiger partial charge >= 0.3 is 70.4 Å². The minimum Gasteiger partial charge on any atom is -0.493 e. The maximum Gasteiger partial charge on any atom is 0.479 e. The first kappa shape index (κ1) is 57.6. The average molecular weight is 1180 g/mol. The number of fused-ring (bicyclic) bond motifs is 2. The first-order valence-corrected chi connectivity index (χ1v) is 42.7. The van der Waals surface area contributed by atoms with Gasteiger partial charge in [-0.1, -0.05) is 102 Å².